The van der Waals surface area contributed by atoms with Crippen molar-refractivity contribution in [1.82, 2.24) is 0 Å². The number of rotatable bonds is 0. The van der Waals surface area contributed by atoms with E-state index >= 15 is 0 Å². The fourth-order valence-electron chi connectivity index (χ4n) is 0.621. The van der Waals surface area contributed by atoms with Crippen molar-refractivity contribution in [3.05, 3.63) is 5.32 Å². The zero-order chi connectivity index (χ0) is 4.95. The maximum atomic E-state index is 5.10. The van der Waals surface area contributed by atoms with Crippen LogP contribution in [0.25, 0.3) is 5.32 Å². The van der Waals surface area contributed by atoms with Gasteiger partial charge in [0, 0.05) is 13.2 Å². The van der Waals surface area contributed by atoms with Crippen LogP contribution in [0.5, 0.6) is 0 Å². The van der Waals surface area contributed by atoms with Crippen LogP contribution in [0.1, 0.15) is 6.42 Å². The molecule has 1 aliphatic heterocycles. The second-order valence-electron chi connectivity index (χ2n) is 1.64. The molecule has 0 aromatic rings. The Morgan fingerprint density at radius 3 is 2.88 bits per heavy atom. The van der Waals surface area contributed by atoms with Crippen molar-refractivity contribution >= 4 is 0 Å². The van der Waals surface area contributed by atoms with E-state index in [1.165, 1.54) is 0 Å². The Labute approximate surface area is 92.8 Å². The van der Waals surface area contributed by atoms with Gasteiger partial charge in [0.1, 0.15) is 0 Å². The first-order chi connectivity index (χ1) is 3.50. The smallest absolute Gasteiger partial charge is 0.660 e. The van der Waals surface area contributed by atoms with Gasteiger partial charge in [-0.1, -0.05) is 0 Å². The largest absolute Gasteiger partial charge is 1.00 e. The van der Waals surface area contributed by atoms with Crippen LogP contribution in [0, 0.1) is 0 Å². The predicted molar refractivity (Wildman–Crippen MR) is 28.5 cm³/mol. The molecule has 3 heteroatoms. The molecule has 0 amide bonds. The van der Waals surface area contributed by atoms with Gasteiger partial charge in [0.15, 0.2) is 0 Å². The SMILES string of the molecule is C1C[N-]CCOC1.[K+]. The summed E-state index contributed by atoms with van der Waals surface area (Å²) in [6.45, 7) is 3.64. The molecule has 0 N–H and O–H groups in total. The van der Waals surface area contributed by atoms with Crippen molar-refractivity contribution in [3.8, 4) is 0 Å². The van der Waals surface area contributed by atoms with E-state index in [2.05, 4.69) is 5.32 Å². The molecule has 42 valence electrons. The van der Waals surface area contributed by atoms with Gasteiger partial charge >= 0.3 is 51.4 Å². The summed E-state index contributed by atoms with van der Waals surface area (Å²) < 4.78 is 5.10. The van der Waals surface area contributed by atoms with Gasteiger partial charge in [-0.3, -0.25) is 0 Å². The van der Waals surface area contributed by atoms with Crippen LogP contribution in [-0.4, -0.2) is 26.3 Å². The van der Waals surface area contributed by atoms with Crippen molar-refractivity contribution in [1.29, 1.82) is 0 Å². The van der Waals surface area contributed by atoms with Crippen molar-refractivity contribution in [2.24, 2.45) is 0 Å². The second kappa shape index (κ2) is 6.67. The maximum Gasteiger partial charge on any atom is 1.00 e. The standard InChI is InChI=1S/C5H10NO.K/c1-2-6-3-5-7-4-1;/h1-5H2;/q-1;+1. The van der Waals surface area contributed by atoms with Crippen molar-refractivity contribution in [2.45, 2.75) is 6.42 Å². The first kappa shape index (κ1) is 9.56. The topological polar surface area (TPSA) is 23.3 Å². The molecule has 1 saturated heterocycles. The van der Waals surface area contributed by atoms with Crippen LogP contribution < -0.4 is 51.4 Å². The van der Waals surface area contributed by atoms with Gasteiger partial charge in [0.25, 0.3) is 0 Å². The molecule has 1 aliphatic rings. The average Bonchev–Trinajstić information content (AvgIpc) is 1.90. The Hall–Kier alpha value is 1.56. The molecule has 0 saturated carbocycles. The third kappa shape index (κ3) is 4.44. The number of hydrogen-bond donors (Lipinski definition) is 0. The molecule has 2 nitrogen and oxygen atoms in total. The van der Waals surface area contributed by atoms with Gasteiger partial charge in [-0.05, 0) is 6.42 Å². The molecule has 0 radical (unpaired) electrons. The molecule has 0 atom stereocenters. The quantitative estimate of drug-likeness (QED) is 0.349. The summed E-state index contributed by atoms with van der Waals surface area (Å²) in [5, 5.41) is 4.15. The third-order valence-electron chi connectivity index (χ3n) is 0.999. The summed E-state index contributed by atoms with van der Waals surface area (Å²) in [5.41, 5.74) is 0. The van der Waals surface area contributed by atoms with Crippen molar-refractivity contribution in [2.75, 3.05) is 26.3 Å². The molecule has 0 unspecified atom stereocenters. The Morgan fingerprint density at radius 2 is 2.00 bits per heavy atom. The molecule has 1 heterocycles. The minimum Gasteiger partial charge on any atom is -0.660 e. The molecular formula is C5H10KNO. The van der Waals surface area contributed by atoms with E-state index in [-0.39, 0.29) is 51.4 Å². The maximum absolute atomic E-state index is 5.10. The molecule has 0 aromatic heterocycles. The summed E-state index contributed by atoms with van der Waals surface area (Å²) >= 11 is 0. The molecule has 1 rings (SSSR count). The Bertz CT molecular complexity index is 32.0. The normalized spacial score (nSPS) is 21.0. The number of nitrogens with zero attached hydrogens (tertiary/aromatic N) is 1. The van der Waals surface area contributed by atoms with Gasteiger partial charge in [-0.2, -0.15) is 0 Å². The average molecular weight is 139 g/mol. The third-order valence-corrected chi connectivity index (χ3v) is 0.999. The summed E-state index contributed by atoms with van der Waals surface area (Å²) in [7, 11) is 0. The van der Waals surface area contributed by atoms with Crippen molar-refractivity contribution < 1.29 is 56.1 Å². The first-order valence-corrected chi connectivity index (χ1v) is 2.71. The van der Waals surface area contributed by atoms with Gasteiger partial charge in [-0.25, -0.2) is 0 Å². The van der Waals surface area contributed by atoms with E-state index in [0.29, 0.717) is 0 Å². The number of hydrogen-bond acceptors (Lipinski definition) is 1. The monoisotopic (exact) mass is 139 g/mol. The fraction of sp³-hybridized carbons (Fsp3) is 1.00. The second-order valence-corrected chi connectivity index (χ2v) is 1.64. The van der Waals surface area contributed by atoms with Crippen LogP contribution >= 0.6 is 0 Å². The van der Waals surface area contributed by atoms with E-state index in [1.54, 1.807) is 0 Å². The van der Waals surface area contributed by atoms with E-state index < -0.39 is 0 Å². The Kier molecular flexibility index (Phi) is 7.97. The van der Waals surface area contributed by atoms with E-state index in [1.807, 2.05) is 0 Å². The molecule has 0 aliphatic carbocycles. The van der Waals surface area contributed by atoms with Crippen LogP contribution in [0.2, 0.25) is 0 Å². The fourth-order valence-corrected chi connectivity index (χ4v) is 0.621. The molecular weight excluding hydrogens is 129 g/mol. The van der Waals surface area contributed by atoms with E-state index in [9.17, 15) is 0 Å². The molecule has 0 bridgehead atoms. The van der Waals surface area contributed by atoms with Crippen LogP contribution in [0.15, 0.2) is 0 Å². The first-order valence-electron chi connectivity index (χ1n) is 2.71. The molecule has 1 fully saturated rings. The van der Waals surface area contributed by atoms with Crippen LogP contribution in [0.4, 0.5) is 0 Å². The van der Waals surface area contributed by atoms with Crippen LogP contribution in [-0.2, 0) is 4.74 Å². The summed E-state index contributed by atoms with van der Waals surface area (Å²) in [6.07, 6.45) is 1.11. The number of ether oxygens (including phenoxy) is 1. The van der Waals surface area contributed by atoms with Crippen LogP contribution in [0.3, 0.4) is 0 Å². The van der Waals surface area contributed by atoms with E-state index in [0.717, 1.165) is 32.7 Å². The van der Waals surface area contributed by atoms with Crippen molar-refractivity contribution in [3.63, 3.8) is 0 Å². The minimum atomic E-state index is 0. The molecule has 0 spiro atoms. The summed E-state index contributed by atoms with van der Waals surface area (Å²) in [4.78, 5) is 0. The summed E-state index contributed by atoms with van der Waals surface area (Å²) in [6, 6.07) is 0. The van der Waals surface area contributed by atoms with Gasteiger partial charge < -0.3 is 10.1 Å². The zero-order valence-electron chi connectivity index (χ0n) is 5.39. The van der Waals surface area contributed by atoms with E-state index in [4.69, 9.17) is 4.74 Å². The zero-order valence-corrected chi connectivity index (χ0v) is 8.51. The minimum absolute atomic E-state index is 0. The van der Waals surface area contributed by atoms with Gasteiger partial charge in [0.2, 0.25) is 0 Å². The van der Waals surface area contributed by atoms with Gasteiger partial charge in [0.05, 0.1) is 0 Å². The molecule has 8 heavy (non-hydrogen) atoms. The predicted octanol–water partition coefficient (Wildman–Crippen LogP) is -2.22. The molecule has 0 aromatic carbocycles. The van der Waals surface area contributed by atoms with Gasteiger partial charge in [-0.15, -0.1) is 13.1 Å². The Morgan fingerprint density at radius 1 is 1.12 bits per heavy atom. The summed E-state index contributed by atoms with van der Waals surface area (Å²) in [5.74, 6) is 0. The Balaban J connectivity index is 0.000000490.